The zero-order valence-electron chi connectivity index (χ0n) is 18.0. The summed E-state index contributed by atoms with van der Waals surface area (Å²) < 4.78 is 1.72. The van der Waals surface area contributed by atoms with Gasteiger partial charge in [0.2, 0.25) is 0 Å². The summed E-state index contributed by atoms with van der Waals surface area (Å²) >= 11 is 0. The largest absolute Gasteiger partial charge is 0.380 e. The zero-order valence-corrected chi connectivity index (χ0v) is 18.0. The monoisotopic (exact) mass is 434 g/mol. The normalized spacial score (nSPS) is 16.7. The molecule has 0 radical (unpaired) electrons. The molecule has 2 aromatic carbocycles. The Morgan fingerprint density at radius 1 is 1.06 bits per heavy atom. The van der Waals surface area contributed by atoms with Gasteiger partial charge in [-0.1, -0.05) is 36.4 Å². The van der Waals surface area contributed by atoms with E-state index in [0.29, 0.717) is 13.1 Å². The highest BCUT2D eigenvalue weighted by molar-refractivity contribution is 5.94. The Hall–Kier alpha value is -3.49. The summed E-state index contributed by atoms with van der Waals surface area (Å²) in [6, 6.07) is 16.4. The molecule has 0 unspecified atom stereocenters. The van der Waals surface area contributed by atoms with E-state index < -0.39 is 29.6 Å². The van der Waals surface area contributed by atoms with Crippen molar-refractivity contribution in [2.75, 3.05) is 0 Å². The molecular formula is C24H26N4O4. The molecule has 0 saturated heterocycles. The van der Waals surface area contributed by atoms with Crippen LogP contribution in [-0.4, -0.2) is 48.4 Å². The summed E-state index contributed by atoms with van der Waals surface area (Å²) in [4.78, 5) is 27.0. The minimum absolute atomic E-state index is 0.336. The van der Waals surface area contributed by atoms with Crippen molar-refractivity contribution in [1.29, 1.82) is 0 Å². The van der Waals surface area contributed by atoms with E-state index in [9.17, 15) is 19.8 Å². The van der Waals surface area contributed by atoms with Crippen molar-refractivity contribution >= 4 is 11.8 Å². The number of fused-ring (bicyclic) bond motifs is 1. The predicted molar refractivity (Wildman–Crippen MR) is 117 cm³/mol. The maximum atomic E-state index is 12.8. The fraction of sp³-hybridized carbons (Fsp3) is 0.292. The highest BCUT2D eigenvalue weighted by atomic mass is 16.4. The number of hydrogen-bond acceptors (Lipinski definition) is 5. The van der Waals surface area contributed by atoms with Crippen molar-refractivity contribution in [3.05, 3.63) is 83.7 Å². The summed E-state index contributed by atoms with van der Waals surface area (Å²) in [6.07, 6.45) is 1.63. The number of aromatic nitrogens is 2. The molecule has 0 saturated carbocycles. The van der Waals surface area contributed by atoms with Crippen LogP contribution in [0, 0.1) is 0 Å². The second-order valence-corrected chi connectivity index (χ2v) is 8.25. The van der Waals surface area contributed by atoms with Crippen LogP contribution in [0.2, 0.25) is 0 Å². The molecule has 1 aliphatic rings. The number of aliphatic hydroxyl groups excluding tert-OH is 1. The SMILES string of the molecule is C[C@@H](NC(=O)[C@](C)(O)[C@@H](O)C(=O)N1Cc2ccccc2C1)c1ccc(-n2cccn2)cc1. The van der Waals surface area contributed by atoms with Gasteiger partial charge >= 0.3 is 0 Å². The standard InChI is InChI=1S/C24H26N4O4/c1-16(17-8-10-20(11-9-17)28-13-5-12-25-28)26-23(31)24(2,32)21(29)22(30)27-14-18-6-3-4-7-19(18)15-27/h3-13,16,21,29,32H,14-15H2,1-2H3,(H,26,31)/t16-,21+,24-/m1/s1. The van der Waals surface area contributed by atoms with E-state index in [4.69, 9.17) is 0 Å². The Morgan fingerprint density at radius 2 is 1.69 bits per heavy atom. The summed E-state index contributed by atoms with van der Waals surface area (Å²) in [5.41, 5.74) is 1.38. The van der Waals surface area contributed by atoms with Gasteiger partial charge in [0.15, 0.2) is 11.7 Å². The molecule has 3 atom stereocenters. The topological polar surface area (TPSA) is 108 Å². The molecule has 8 heteroatoms. The van der Waals surface area contributed by atoms with Crippen molar-refractivity contribution < 1.29 is 19.8 Å². The minimum Gasteiger partial charge on any atom is -0.380 e. The highest BCUT2D eigenvalue weighted by Crippen LogP contribution is 2.25. The van der Waals surface area contributed by atoms with Crippen LogP contribution in [-0.2, 0) is 22.7 Å². The van der Waals surface area contributed by atoms with Crippen molar-refractivity contribution in [2.45, 2.75) is 44.7 Å². The molecule has 166 valence electrons. The number of carbonyl (C=O) groups excluding carboxylic acids is 2. The molecule has 4 rings (SSSR count). The van der Waals surface area contributed by atoms with Gasteiger partial charge in [-0.25, -0.2) is 4.68 Å². The van der Waals surface area contributed by atoms with Crippen LogP contribution < -0.4 is 5.32 Å². The Balaban J connectivity index is 1.40. The number of nitrogens with one attached hydrogen (secondary N) is 1. The number of amides is 2. The molecule has 1 aromatic heterocycles. The van der Waals surface area contributed by atoms with Gasteiger partial charge in [0.05, 0.1) is 11.7 Å². The quantitative estimate of drug-likeness (QED) is 0.547. The van der Waals surface area contributed by atoms with Gasteiger partial charge in [0, 0.05) is 25.5 Å². The summed E-state index contributed by atoms with van der Waals surface area (Å²) in [7, 11) is 0. The Labute approximate surface area is 186 Å². The van der Waals surface area contributed by atoms with E-state index in [1.165, 1.54) is 4.90 Å². The summed E-state index contributed by atoms with van der Waals surface area (Å²) in [5.74, 6) is -1.50. The van der Waals surface area contributed by atoms with Crippen LogP contribution >= 0.6 is 0 Å². The van der Waals surface area contributed by atoms with E-state index in [0.717, 1.165) is 29.3 Å². The lowest BCUT2D eigenvalue weighted by Gasteiger charge is -2.31. The molecule has 3 aromatic rings. The number of nitrogens with zero attached hydrogens (tertiary/aromatic N) is 3. The second kappa shape index (κ2) is 8.57. The van der Waals surface area contributed by atoms with E-state index >= 15 is 0 Å². The minimum atomic E-state index is -2.28. The third-order valence-electron chi connectivity index (χ3n) is 5.89. The van der Waals surface area contributed by atoms with Crippen LogP contribution in [0.1, 0.15) is 36.6 Å². The molecule has 2 heterocycles. The lowest BCUT2D eigenvalue weighted by atomic mass is 9.95. The maximum Gasteiger partial charge on any atom is 0.255 e. The lowest BCUT2D eigenvalue weighted by molar-refractivity contribution is -0.166. The van der Waals surface area contributed by atoms with Gasteiger partial charge in [-0.15, -0.1) is 0 Å². The molecule has 0 aliphatic carbocycles. The fourth-order valence-electron chi connectivity index (χ4n) is 3.79. The first-order chi connectivity index (χ1) is 15.3. The molecule has 2 amide bonds. The zero-order chi connectivity index (χ0) is 22.9. The third kappa shape index (κ3) is 4.15. The molecule has 3 N–H and O–H groups in total. The molecule has 0 spiro atoms. The van der Waals surface area contributed by atoms with Gasteiger partial charge in [0.1, 0.15) is 0 Å². The van der Waals surface area contributed by atoms with Crippen LogP contribution in [0.5, 0.6) is 0 Å². The van der Waals surface area contributed by atoms with Gasteiger partial charge in [0.25, 0.3) is 11.8 Å². The first-order valence-electron chi connectivity index (χ1n) is 10.4. The molecule has 1 aliphatic heterocycles. The van der Waals surface area contributed by atoms with E-state index in [1.54, 1.807) is 17.8 Å². The molecule has 32 heavy (non-hydrogen) atoms. The Morgan fingerprint density at radius 3 is 2.25 bits per heavy atom. The average Bonchev–Trinajstić information content (AvgIpc) is 3.48. The van der Waals surface area contributed by atoms with Gasteiger partial charge in [-0.05, 0) is 48.7 Å². The number of benzene rings is 2. The van der Waals surface area contributed by atoms with Gasteiger partial charge in [-0.3, -0.25) is 9.59 Å². The van der Waals surface area contributed by atoms with Crippen molar-refractivity contribution in [3.8, 4) is 5.69 Å². The van der Waals surface area contributed by atoms with Crippen LogP contribution in [0.3, 0.4) is 0 Å². The molecule has 0 bridgehead atoms. The fourth-order valence-corrected chi connectivity index (χ4v) is 3.79. The van der Waals surface area contributed by atoms with Crippen LogP contribution in [0.25, 0.3) is 5.69 Å². The van der Waals surface area contributed by atoms with Gasteiger partial charge < -0.3 is 20.4 Å². The van der Waals surface area contributed by atoms with Crippen LogP contribution in [0.4, 0.5) is 0 Å². The summed E-state index contributed by atoms with van der Waals surface area (Å²) in [6.45, 7) is 3.59. The molecule has 8 nitrogen and oxygen atoms in total. The van der Waals surface area contributed by atoms with Gasteiger partial charge in [-0.2, -0.15) is 5.10 Å². The van der Waals surface area contributed by atoms with Crippen molar-refractivity contribution in [3.63, 3.8) is 0 Å². The first-order valence-corrected chi connectivity index (χ1v) is 10.4. The third-order valence-corrected chi connectivity index (χ3v) is 5.89. The maximum absolute atomic E-state index is 12.8. The smallest absolute Gasteiger partial charge is 0.255 e. The Kier molecular flexibility index (Phi) is 5.82. The number of carbonyl (C=O) groups is 2. The first kappa shape index (κ1) is 21.7. The average molecular weight is 434 g/mol. The number of aliphatic hydroxyl groups is 2. The molecule has 0 fully saturated rings. The van der Waals surface area contributed by atoms with E-state index in [2.05, 4.69) is 10.4 Å². The number of hydrogen-bond donors (Lipinski definition) is 3. The second-order valence-electron chi connectivity index (χ2n) is 8.25. The van der Waals surface area contributed by atoms with E-state index in [1.807, 2.05) is 60.8 Å². The summed E-state index contributed by atoms with van der Waals surface area (Å²) in [5, 5.41) is 28.2. The lowest BCUT2D eigenvalue weighted by Crippen LogP contribution is -2.58. The van der Waals surface area contributed by atoms with Crippen LogP contribution in [0.15, 0.2) is 67.0 Å². The predicted octanol–water partition coefficient (Wildman–Crippen LogP) is 1.70. The molecular weight excluding hydrogens is 408 g/mol. The van der Waals surface area contributed by atoms with Crippen molar-refractivity contribution in [2.24, 2.45) is 0 Å². The number of rotatable bonds is 6. The Bertz CT molecular complexity index is 1080. The highest BCUT2D eigenvalue weighted by Gasteiger charge is 2.45. The van der Waals surface area contributed by atoms with E-state index in [-0.39, 0.29) is 0 Å². The van der Waals surface area contributed by atoms with Crippen molar-refractivity contribution in [1.82, 2.24) is 20.0 Å².